The lowest BCUT2D eigenvalue weighted by atomic mass is 9.88. The molecule has 0 saturated carbocycles. The van der Waals surface area contributed by atoms with Gasteiger partial charge in [-0.15, -0.1) is 6.58 Å². The van der Waals surface area contributed by atoms with Crippen LogP contribution < -0.4 is 0 Å². The van der Waals surface area contributed by atoms with E-state index in [1.807, 2.05) is 34.6 Å². The third-order valence-electron chi connectivity index (χ3n) is 3.08. The van der Waals surface area contributed by atoms with E-state index in [1.54, 1.807) is 11.0 Å². The van der Waals surface area contributed by atoms with E-state index in [9.17, 15) is 9.90 Å². The third kappa shape index (κ3) is 5.08. The van der Waals surface area contributed by atoms with Crippen LogP contribution in [0.4, 0.5) is 4.79 Å². The minimum absolute atomic E-state index is 0.00608. The van der Waals surface area contributed by atoms with Crippen molar-refractivity contribution >= 4 is 6.09 Å². The number of carbonyl (C=O) groups is 1. The van der Waals surface area contributed by atoms with Crippen molar-refractivity contribution in [3.05, 3.63) is 12.7 Å². The van der Waals surface area contributed by atoms with Crippen LogP contribution in [-0.2, 0) is 4.74 Å². The van der Waals surface area contributed by atoms with E-state index < -0.39 is 0 Å². The number of amides is 1. The number of nitrogens with zero attached hydrogens (tertiary/aromatic N) is 1. The molecular weight excluding hydrogens is 230 g/mol. The summed E-state index contributed by atoms with van der Waals surface area (Å²) >= 11 is 0. The molecule has 4 nitrogen and oxygen atoms in total. The molecule has 0 aliphatic heterocycles. The summed E-state index contributed by atoms with van der Waals surface area (Å²) in [5.41, 5.74) is -0.388. The topological polar surface area (TPSA) is 49.8 Å². The van der Waals surface area contributed by atoms with Crippen LogP contribution in [0.5, 0.6) is 0 Å². The number of hydrogen-bond acceptors (Lipinski definition) is 3. The van der Waals surface area contributed by atoms with Gasteiger partial charge in [0.15, 0.2) is 0 Å². The van der Waals surface area contributed by atoms with Crippen LogP contribution in [0.3, 0.4) is 0 Å². The van der Waals surface area contributed by atoms with Crippen LogP contribution in [-0.4, -0.2) is 41.4 Å². The summed E-state index contributed by atoms with van der Waals surface area (Å²) in [4.78, 5) is 13.6. The van der Waals surface area contributed by atoms with E-state index in [4.69, 9.17) is 4.74 Å². The third-order valence-corrected chi connectivity index (χ3v) is 3.08. The zero-order valence-corrected chi connectivity index (χ0v) is 12.3. The molecule has 4 heteroatoms. The van der Waals surface area contributed by atoms with E-state index >= 15 is 0 Å². The summed E-state index contributed by atoms with van der Waals surface area (Å²) < 4.78 is 5.25. The molecule has 0 aromatic carbocycles. The van der Waals surface area contributed by atoms with E-state index in [0.717, 1.165) is 0 Å². The normalized spacial score (nSPS) is 14.4. The van der Waals surface area contributed by atoms with Gasteiger partial charge in [-0.05, 0) is 34.1 Å². The number of carbonyl (C=O) groups excluding carboxylic acids is 1. The Hall–Kier alpha value is -1.03. The second kappa shape index (κ2) is 7.41. The van der Waals surface area contributed by atoms with Gasteiger partial charge in [0.25, 0.3) is 0 Å². The van der Waals surface area contributed by atoms with Gasteiger partial charge in [0, 0.05) is 17.5 Å². The Morgan fingerprint density at radius 3 is 2.22 bits per heavy atom. The van der Waals surface area contributed by atoms with E-state index in [1.165, 1.54) is 0 Å². The van der Waals surface area contributed by atoms with Crippen LogP contribution in [0.2, 0.25) is 0 Å². The minimum atomic E-state index is -0.388. The molecule has 0 spiro atoms. The lowest BCUT2D eigenvalue weighted by Gasteiger charge is -2.30. The van der Waals surface area contributed by atoms with Gasteiger partial charge >= 0.3 is 6.09 Å². The highest BCUT2D eigenvalue weighted by molar-refractivity contribution is 5.68. The summed E-state index contributed by atoms with van der Waals surface area (Å²) in [6.07, 6.45) is 1.97. The summed E-state index contributed by atoms with van der Waals surface area (Å²) in [5, 5.41) is 9.21. The number of rotatable bonds is 7. The van der Waals surface area contributed by atoms with Crippen molar-refractivity contribution in [2.24, 2.45) is 5.41 Å². The Morgan fingerprint density at radius 1 is 1.39 bits per heavy atom. The van der Waals surface area contributed by atoms with Gasteiger partial charge in [0.1, 0.15) is 0 Å². The summed E-state index contributed by atoms with van der Waals surface area (Å²) in [6.45, 7) is 13.7. The largest absolute Gasteiger partial charge is 0.449 e. The maximum Gasteiger partial charge on any atom is 0.410 e. The Kier molecular flexibility index (Phi) is 6.99. The predicted molar refractivity (Wildman–Crippen MR) is 73.5 cm³/mol. The van der Waals surface area contributed by atoms with Crippen molar-refractivity contribution in [1.82, 2.24) is 4.90 Å². The first-order chi connectivity index (χ1) is 8.27. The quantitative estimate of drug-likeness (QED) is 0.713. The van der Waals surface area contributed by atoms with Crippen molar-refractivity contribution in [2.45, 2.75) is 53.1 Å². The zero-order chi connectivity index (χ0) is 14.3. The molecule has 0 saturated heterocycles. The minimum Gasteiger partial charge on any atom is -0.449 e. The molecule has 0 aromatic rings. The Bertz CT molecular complexity index is 268. The first-order valence-corrected chi connectivity index (χ1v) is 6.47. The molecule has 0 aromatic heterocycles. The highest BCUT2D eigenvalue weighted by atomic mass is 16.6. The number of ether oxygens (including phenoxy) is 1. The van der Waals surface area contributed by atoms with Crippen LogP contribution >= 0.6 is 0 Å². The molecular formula is C14H27NO3. The first kappa shape index (κ1) is 17.0. The molecule has 1 atom stereocenters. The van der Waals surface area contributed by atoms with Gasteiger partial charge < -0.3 is 14.7 Å². The maximum absolute atomic E-state index is 11.9. The van der Waals surface area contributed by atoms with Crippen molar-refractivity contribution in [2.75, 3.05) is 13.2 Å². The number of aliphatic hydroxyl groups is 1. The fourth-order valence-electron chi connectivity index (χ4n) is 1.71. The van der Waals surface area contributed by atoms with Gasteiger partial charge in [-0.1, -0.05) is 13.0 Å². The SMILES string of the molecule is C=CC(C)(CO)CCOC(=O)N(C(C)C)C(C)C. The standard InChI is InChI=1S/C14H27NO3/c1-7-14(6,10-16)8-9-18-13(17)15(11(2)3)12(4)5/h7,11-12,16H,1,8-10H2,2-6H3. The van der Waals surface area contributed by atoms with E-state index in [0.29, 0.717) is 6.42 Å². The summed E-state index contributed by atoms with van der Waals surface area (Å²) in [7, 11) is 0. The van der Waals surface area contributed by atoms with Crippen molar-refractivity contribution in [3.63, 3.8) is 0 Å². The molecule has 1 N–H and O–H groups in total. The monoisotopic (exact) mass is 257 g/mol. The second-order valence-electron chi connectivity index (χ2n) is 5.48. The number of hydrogen-bond donors (Lipinski definition) is 1. The first-order valence-electron chi connectivity index (χ1n) is 6.47. The van der Waals surface area contributed by atoms with Crippen molar-refractivity contribution in [3.8, 4) is 0 Å². The van der Waals surface area contributed by atoms with Crippen LogP contribution in [0, 0.1) is 5.41 Å². The molecule has 106 valence electrons. The molecule has 0 aliphatic rings. The Balaban J connectivity index is 4.29. The Labute approximate surface area is 111 Å². The van der Waals surface area contributed by atoms with Crippen LogP contribution in [0.15, 0.2) is 12.7 Å². The van der Waals surface area contributed by atoms with Gasteiger partial charge in [0.2, 0.25) is 0 Å². The Morgan fingerprint density at radius 2 is 1.89 bits per heavy atom. The lowest BCUT2D eigenvalue weighted by Crippen LogP contribution is -2.42. The molecule has 18 heavy (non-hydrogen) atoms. The molecule has 1 amide bonds. The smallest absolute Gasteiger partial charge is 0.410 e. The van der Waals surface area contributed by atoms with Crippen molar-refractivity contribution in [1.29, 1.82) is 0 Å². The summed E-state index contributed by atoms with van der Waals surface area (Å²) in [6, 6.07) is 0.224. The average molecular weight is 257 g/mol. The highest BCUT2D eigenvalue weighted by Gasteiger charge is 2.23. The molecule has 0 aliphatic carbocycles. The lowest BCUT2D eigenvalue weighted by molar-refractivity contribution is 0.0652. The van der Waals surface area contributed by atoms with Crippen LogP contribution in [0.1, 0.15) is 41.0 Å². The second-order valence-corrected chi connectivity index (χ2v) is 5.48. The van der Waals surface area contributed by atoms with Gasteiger partial charge in [-0.3, -0.25) is 0 Å². The van der Waals surface area contributed by atoms with Gasteiger partial charge in [0.05, 0.1) is 13.2 Å². The average Bonchev–Trinajstić information content (AvgIpc) is 2.27. The fourth-order valence-corrected chi connectivity index (χ4v) is 1.71. The van der Waals surface area contributed by atoms with E-state index in [-0.39, 0.29) is 36.8 Å². The zero-order valence-electron chi connectivity index (χ0n) is 12.3. The van der Waals surface area contributed by atoms with Gasteiger partial charge in [-0.25, -0.2) is 4.79 Å². The highest BCUT2D eigenvalue weighted by Crippen LogP contribution is 2.21. The molecule has 1 unspecified atom stereocenters. The maximum atomic E-state index is 11.9. The molecule has 0 heterocycles. The predicted octanol–water partition coefficient (Wildman–Crippen LogP) is 2.82. The number of aliphatic hydroxyl groups excluding tert-OH is 1. The molecule has 0 fully saturated rings. The van der Waals surface area contributed by atoms with Crippen LogP contribution in [0.25, 0.3) is 0 Å². The summed E-state index contributed by atoms with van der Waals surface area (Å²) in [5.74, 6) is 0. The molecule has 0 rings (SSSR count). The molecule has 0 bridgehead atoms. The van der Waals surface area contributed by atoms with E-state index in [2.05, 4.69) is 6.58 Å². The fraction of sp³-hybridized carbons (Fsp3) is 0.786. The van der Waals surface area contributed by atoms with Crippen molar-refractivity contribution < 1.29 is 14.6 Å². The molecule has 0 radical (unpaired) electrons. The van der Waals surface area contributed by atoms with Gasteiger partial charge in [-0.2, -0.15) is 0 Å².